The van der Waals surface area contributed by atoms with Crippen LogP contribution in [0, 0.1) is 11.3 Å². The summed E-state index contributed by atoms with van der Waals surface area (Å²) < 4.78 is 26.1. The second-order valence-corrected chi connectivity index (χ2v) is 11.4. The summed E-state index contributed by atoms with van der Waals surface area (Å²) >= 11 is 0. The van der Waals surface area contributed by atoms with Crippen LogP contribution in [0.3, 0.4) is 0 Å². The van der Waals surface area contributed by atoms with Crippen LogP contribution in [0.5, 0.6) is 5.75 Å². The van der Waals surface area contributed by atoms with Crippen molar-refractivity contribution in [3.63, 3.8) is 0 Å². The van der Waals surface area contributed by atoms with Gasteiger partial charge in [-0.3, -0.25) is 9.69 Å². The Hall–Kier alpha value is -4.35. The van der Waals surface area contributed by atoms with E-state index < -0.39 is 30.9 Å². The lowest BCUT2D eigenvalue weighted by Gasteiger charge is -2.43. The van der Waals surface area contributed by atoms with E-state index in [2.05, 4.69) is 43.3 Å². The highest BCUT2D eigenvalue weighted by Gasteiger charge is 2.35. The average molecular weight is 618 g/mol. The molecule has 45 heavy (non-hydrogen) atoms. The summed E-state index contributed by atoms with van der Waals surface area (Å²) in [5.41, 5.74) is 2.86. The molecule has 0 unspecified atom stereocenters. The molecule has 3 aromatic rings. The lowest BCUT2D eigenvalue weighted by molar-refractivity contribution is -0.146. The Balaban J connectivity index is 1.07. The van der Waals surface area contributed by atoms with Crippen molar-refractivity contribution in [1.29, 1.82) is 5.26 Å². The number of hydrogen-bond acceptors (Lipinski definition) is 11. The SMILES string of the molecule is N#Cc1cc(-c2nccc(Nc3ccc(N4CCN(C5COC5)CC4)cc3)n2)ccc1O[C@H]1CCN(C(=O)[C@H](O)CO)C[C@H]1F. The van der Waals surface area contributed by atoms with Crippen molar-refractivity contribution in [2.24, 2.45) is 0 Å². The first-order chi connectivity index (χ1) is 21.9. The number of benzene rings is 2. The number of rotatable bonds is 9. The number of aliphatic hydroxyl groups is 2. The summed E-state index contributed by atoms with van der Waals surface area (Å²) in [5, 5.41) is 31.7. The van der Waals surface area contributed by atoms with Gasteiger partial charge in [-0.15, -0.1) is 0 Å². The monoisotopic (exact) mass is 617 g/mol. The Bertz CT molecular complexity index is 1530. The van der Waals surface area contributed by atoms with Gasteiger partial charge in [0, 0.05) is 62.3 Å². The number of aliphatic hydroxyl groups excluding tert-OH is 2. The molecule has 0 aliphatic carbocycles. The highest BCUT2D eigenvalue weighted by molar-refractivity contribution is 5.81. The number of nitriles is 1. The lowest BCUT2D eigenvalue weighted by atomic mass is 10.0. The van der Waals surface area contributed by atoms with Crippen molar-refractivity contribution in [2.75, 3.05) is 69.3 Å². The number of aromatic nitrogens is 2. The Labute approximate surface area is 260 Å². The molecule has 3 saturated heterocycles. The summed E-state index contributed by atoms with van der Waals surface area (Å²) in [7, 11) is 0. The van der Waals surface area contributed by atoms with Crippen LogP contribution in [0.15, 0.2) is 54.7 Å². The van der Waals surface area contributed by atoms with Gasteiger partial charge in [-0.25, -0.2) is 14.4 Å². The Kier molecular flexibility index (Phi) is 9.37. The number of anilines is 3. The molecular formula is C32H36FN7O5. The zero-order valence-corrected chi connectivity index (χ0v) is 24.8. The summed E-state index contributed by atoms with van der Waals surface area (Å²) in [5.74, 6) is 0.499. The zero-order chi connectivity index (χ0) is 31.3. The number of ether oxygens (including phenoxy) is 2. The molecule has 236 valence electrons. The number of likely N-dealkylation sites (tertiary alicyclic amines) is 1. The number of amides is 1. The first-order valence-corrected chi connectivity index (χ1v) is 15.1. The number of hydrogen-bond donors (Lipinski definition) is 3. The normalized spacial score (nSPS) is 21.5. The van der Waals surface area contributed by atoms with Gasteiger partial charge in [0.1, 0.15) is 23.7 Å². The molecule has 0 bridgehead atoms. The number of nitrogens with one attached hydrogen (secondary N) is 1. The van der Waals surface area contributed by atoms with E-state index in [0.717, 1.165) is 45.1 Å². The van der Waals surface area contributed by atoms with Gasteiger partial charge >= 0.3 is 0 Å². The standard InChI is InChI=1S/C32H36FN7O5/c33-26-17-40(32(43)27(42)18-41)10-8-29(26)45-28-6-1-21(15-22(28)16-34)31-35-9-7-30(37-31)36-23-2-4-24(5-3-23)38-11-13-39(14-12-38)25-19-44-20-25/h1-7,9,15,25-27,29,41-42H,8,10-14,17-20H2,(H,35,36,37)/t26-,27-,29+/m1/s1. The molecule has 4 heterocycles. The molecule has 1 aromatic heterocycles. The van der Waals surface area contributed by atoms with Crippen LogP contribution in [0.4, 0.5) is 21.6 Å². The van der Waals surface area contributed by atoms with Crippen LogP contribution in [0.1, 0.15) is 12.0 Å². The maximum Gasteiger partial charge on any atom is 0.253 e. The van der Waals surface area contributed by atoms with E-state index >= 15 is 0 Å². The number of nitrogens with zero attached hydrogens (tertiary/aromatic N) is 6. The fraction of sp³-hybridized carbons (Fsp3) is 0.438. The summed E-state index contributed by atoms with van der Waals surface area (Å²) in [4.78, 5) is 27.2. The second kappa shape index (κ2) is 13.7. The van der Waals surface area contributed by atoms with E-state index in [-0.39, 0.29) is 30.8 Å². The highest BCUT2D eigenvalue weighted by atomic mass is 19.1. The quantitative estimate of drug-likeness (QED) is 0.324. The Morgan fingerprint density at radius 2 is 1.91 bits per heavy atom. The molecule has 0 spiro atoms. The van der Waals surface area contributed by atoms with Crippen molar-refractivity contribution in [2.45, 2.75) is 30.8 Å². The van der Waals surface area contributed by atoms with E-state index in [4.69, 9.17) is 14.6 Å². The van der Waals surface area contributed by atoms with Crippen molar-refractivity contribution in [3.05, 3.63) is 60.3 Å². The van der Waals surface area contributed by atoms with Gasteiger partial charge in [0.05, 0.1) is 38.0 Å². The van der Waals surface area contributed by atoms with Gasteiger partial charge in [-0.05, 0) is 48.5 Å². The number of piperidine rings is 1. The first-order valence-electron chi connectivity index (χ1n) is 15.1. The fourth-order valence-corrected chi connectivity index (χ4v) is 5.78. The Morgan fingerprint density at radius 3 is 2.58 bits per heavy atom. The van der Waals surface area contributed by atoms with E-state index in [1.165, 1.54) is 10.6 Å². The lowest BCUT2D eigenvalue weighted by Crippen LogP contribution is -2.56. The van der Waals surface area contributed by atoms with Crippen LogP contribution in [0.25, 0.3) is 11.4 Å². The summed E-state index contributed by atoms with van der Waals surface area (Å²) in [6.45, 7) is 4.89. The highest BCUT2D eigenvalue weighted by Crippen LogP contribution is 2.29. The van der Waals surface area contributed by atoms with Crippen LogP contribution in [0.2, 0.25) is 0 Å². The predicted octanol–water partition coefficient (Wildman–Crippen LogP) is 1.95. The van der Waals surface area contributed by atoms with Gasteiger partial charge in [0.15, 0.2) is 18.1 Å². The Morgan fingerprint density at radius 1 is 1.13 bits per heavy atom. The van der Waals surface area contributed by atoms with E-state index in [0.29, 0.717) is 23.2 Å². The number of alkyl halides is 1. The third-order valence-electron chi connectivity index (χ3n) is 8.50. The van der Waals surface area contributed by atoms with Crippen molar-refractivity contribution >= 4 is 23.1 Å². The molecule has 3 N–H and O–H groups in total. The van der Waals surface area contributed by atoms with Crippen molar-refractivity contribution < 1.29 is 28.9 Å². The molecule has 0 saturated carbocycles. The number of carbonyl (C=O) groups is 1. The molecular weight excluding hydrogens is 581 g/mol. The summed E-state index contributed by atoms with van der Waals surface area (Å²) in [6.07, 6.45) is -2.17. The van der Waals surface area contributed by atoms with Crippen molar-refractivity contribution in [3.8, 4) is 23.2 Å². The van der Waals surface area contributed by atoms with E-state index in [1.54, 1.807) is 30.5 Å². The molecule has 13 heteroatoms. The fourth-order valence-electron chi connectivity index (χ4n) is 5.78. The van der Waals surface area contributed by atoms with Crippen LogP contribution >= 0.6 is 0 Å². The van der Waals surface area contributed by atoms with Crippen LogP contribution < -0.4 is 15.0 Å². The minimum absolute atomic E-state index is 0.158. The van der Waals surface area contributed by atoms with Crippen LogP contribution in [-0.4, -0.2) is 119 Å². The second-order valence-electron chi connectivity index (χ2n) is 11.4. The van der Waals surface area contributed by atoms with E-state index in [9.17, 15) is 19.6 Å². The van der Waals surface area contributed by atoms with Crippen molar-refractivity contribution in [1.82, 2.24) is 19.8 Å². The molecule has 3 fully saturated rings. The molecule has 0 radical (unpaired) electrons. The van der Waals surface area contributed by atoms with Gasteiger partial charge in [-0.2, -0.15) is 5.26 Å². The molecule has 1 amide bonds. The summed E-state index contributed by atoms with van der Waals surface area (Å²) in [6, 6.07) is 17.6. The average Bonchev–Trinajstić information content (AvgIpc) is 3.05. The topological polar surface area (TPSA) is 147 Å². The molecule has 6 rings (SSSR count). The maximum atomic E-state index is 14.9. The largest absolute Gasteiger partial charge is 0.486 e. The smallest absolute Gasteiger partial charge is 0.253 e. The van der Waals surface area contributed by atoms with Gasteiger partial charge in [-0.1, -0.05) is 0 Å². The predicted molar refractivity (Wildman–Crippen MR) is 164 cm³/mol. The molecule has 3 aliphatic heterocycles. The first kappa shape index (κ1) is 30.7. The van der Waals surface area contributed by atoms with Gasteiger partial charge < -0.3 is 34.8 Å². The number of halogens is 1. The van der Waals surface area contributed by atoms with E-state index in [1.807, 2.05) is 12.1 Å². The molecule has 2 aromatic carbocycles. The number of carbonyl (C=O) groups excluding carboxylic acids is 1. The van der Waals surface area contributed by atoms with Gasteiger partial charge in [0.25, 0.3) is 5.91 Å². The molecule has 3 atom stereocenters. The third kappa shape index (κ3) is 6.99. The zero-order valence-electron chi connectivity index (χ0n) is 24.8. The number of piperazine rings is 1. The minimum Gasteiger partial charge on any atom is -0.486 e. The minimum atomic E-state index is -1.58. The maximum absolute atomic E-state index is 14.9. The molecule has 3 aliphatic rings. The van der Waals surface area contributed by atoms with Gasteiger partial charge in [0.2, 0.25) is 0 Å². The van der Waals surface area contributed by atoms with Crippen LogP contribution in [-0.2, 0) is 9.53 Å². The molecule has 12 nitrogen and oxygen atoms in total. The third-order valence-corrected chi connectivity index (χ3v) is 8.50.